The summed E-state index contributed by atoms with van der Waals surface area (Å²) in [5.74, 6) is 3.07. The van der Waals surface area contributed by atoms with Gasteiger partial charge < -0.3 is 4.74 Å². The van der Waals surface area contributed by atoms with Gasteiger partial charge in [-0.2, -0.15) is 0 Å². The molecule has 0 spiro atoms. The van der Waals surface area contributed by atoms with E-state index in [1.54, 1.807) is 13.2 Å². The van der Waals surface area contributed by atoms with E-state index in [4.69, 9.17) is 11.2 Å². The van der Waals surface area contributed by atoms with Crippen LogP contribution in [0.25, 0.3) is 0 Å². The number of methoxy groups -OCH3 is 1. The van der Waals surface area contributed by atoms with Crippen molar-refractivity contribution in [2.75, 3.05) is 20.2 Å². The Balaban J connectivity index is 2.94. The maximum Gasteiger partial charge on any atom is 0.180 e. The normalized spacial score (nSPS) is 9.76. The highest BCUT2D eigenvalue weighted by Crippen LogP contribution is 2.26. The van der Waals surface area contributed by atoms with Crippen molar-refractivity contribution in [3.8, 4) is 18.1 Å². The van der Waals surface area contributed by atoms with E-state index in [1.165, 1.54) is 0 Å². The Labute approximate surface area is 102 Å². The maximum absolute atomic E-state index is 12.0. The van der Waals surface area contributed by atoms with Crippen LogP contribution in [0, 0.1) is 26.2 Å². The highest BCUT2D eigenvalue weighted by atomic mass is 16.5. The number of nitrogens with one attached hydrogen (secondary N) is 1. The first kappa shape index (κ1) is 13.3. The Morgan fingerprint density at radius 2 is 2.18 bits per heavy atom. The Morgan fingerprint density at radius 1 is 1.47 bits per heavy atom. The molecule has 0 aliphatic carbocycles. The molecule has 0 aromatic heterocycles. The minimum atomic E-state index is -0.0137. The van der Waals surface area contributed by atoms with Crippen LogP contribution in [0.15, 0.2) is 12.1 Å². The summed E-state index contributed by atoms with van der Waals surface area (Å²) in [6.45, 7) is 4.55. The highest BCUT2D eigenvalue weighted by molar-refractivity contribution is 6.00. The van der Waals surface area contributed by atoms with E-state index in [9.17, 15) is 4.79 Å². The zero-order valence-electron chi connectivity index (χ0n) is 10.5. The topological polar surface area (TPSA) is 38.3 Å². The van der Waals surface area contributed by atoms with Crippen LogP contribution in [0.1, 0.15) is 21.5 Å². The summed E-state index contributed by atoms with van der Waals surface area (Å²) >= 11 is 0. The molecule has 1 N–H and O–H groups in total. The number of Topliss-reactive ketones (excluding diaryl/α,β-unsaturated/α-hetero) is 1. The van der Waals surface area contributed by atoms with Gasteiger partial charge in [0.25, 0.3) is 0 Å². The molecular weight excluding hydrogens is 214 g/mol. The van der Waals surface area contributed by atoms with Crippen LogP contribution in [0.4, 0.5) is 0 Å². The zero-order valence-corrected chi connectivity index (χ0v) is 10.5. The van der Waals surface area contributed by atoms with E-state index >= 15 is 0 Å². The van der Waals surface area contributed by atoms with Gasteiger partial charge in [0, 0.05) is 0 Å². The molecule has 0 heterocycles. The average molecular weight is 231 g/mol. The Bertz CT molecular complexity index is 458. The standard InChI is InChI=1S/C14H17NO2/c1-5-8-15-9-13(16)12-7-6-10(2)11(3)14(12)17-4/h1,6-7,15H,8-9H2,2-4H3. The van der Waals surface area contributed by atoms with E-state index in [-0.39, 0.29) is 12.3 Å². The highest BCUT2D eigenvalue weighted by Gasteiger charge is 2.14. The number of hydrogen-bond acceptors (Lipinski definition) is 3. The summed E-state index contributed by atoms with van der Waals surface area (Å²) in [6, 6.07) is 3.72. The SMILES string of the molecule is C#CCNCC(=O)c1ccc(C)c(C)c1OC. The molecule has 0 unspecified atom stereocenters. The fraction of sp³-hybridized carbons (Fsp3) is 0.357. The number of carbonyl (C=O) groups excluding carboxylic acids is 1. The summed E-state index contributed by atoms with van der Waals surface area (Å²) in [6.07, 6.45) is 5.10. The number of ether oxygens (including phenoxy) is 1. The van der Waals surface area contributed by atoms with Gasteiger partial charge in [-0.05, 0) is 31.0 Å². The molecule has 0 aliphatic rings. The monoisotopic (exact) mass is 231 g/mol. The van der Waals surface area contributed by atoms with Crippen LogP contribution in [0.3, 0.4) is 0 Å². The minimum Gasteiger partial charge on any atom is -0.496 e. The molecular formula is C14H17NO2. The molecule has 0 radical (unpaired) electrons. The van der Waals surface area contributed by atoms with Crippen LogP contribution < -0.4 is 10.1 Å². The average Bonchev–Trinajstić information content (AvgIpc) is 2.32. The van der Waals surface area contributed by atoms with Crippen molar-refractivity contribution in [3.63, 3.8) is 0 Å². The van der Waals surface area contributed by atoms with E-state index in [2.05, 4.69) is 11.2 Å². The summed E-state index contributed by atoms with van der Waals surface area (Å²) in [5, 5.41) is 2.88. The third-order valence-corrected chi connectivity index (χ3v) is 2.69. The van der Waals surface area contributed by atoms with Crippen molar-refractivity contribution in [2.24, 2.45) is 0 Å². The Morgan fingerprint density at radius 3 is 2.76 bits per heavy atom. The summed E-state index contributed by atoms with van der Waals surface area (Å²) in [4.78, 5) is 12.0. The smallest absolute Gasteiger partial charge is 0.180 e. The lowest BCUT2D eigenvalue weighted by Crippen LogP contribution is -2.23. The lowest BCUT2D eigenvalue weighted by atomic mass is 10.0. The first-order valence-electron chi connectivity index (χ1n) is 5.43. The second-order valence-electron chi connectivity index (χ2n) is 3.82. The van der Waals surface area contributed by atoms with E-state index in [1.807, 2.05) is 19.9 Å². The first-order valence-corrected chi connectivity index (χ1v) is 5.43. The largest absolute Gasteiger partial charge is 0.496 e. The molecule has 0 saturated heterocycles. The van der Waals surface area contributed by atoms with Crippen molar-refractivity contribution < 1.29 is 9.53 Å². The fourth-order valence-corrected chi connectivity index (χ4v) is 1.62. The van der Waals surface area contributed by atoms with Gasteiger partial charge in [-0.15, -0.1) is 6.42 Å². The molecule has 90 valence electrons. The van der Waals surface area contributed by atoms with Crippen LogP contribution in [0.2, 0.25) is 0 Å². The molecule has 3 heteroatoms. The quantitative estimate of drug-likeness (QED) is 0.476. The predicted octanol–water partition coefficient (Wildman–Crippen LogP) is 1.72. The summed E-state index contributed by atoms with van der Waals surface area (Å²) in [7, 11) is 1.58. The van der Waals surface area contributed by atoms with Gasteiger partial charge in [-0.25, -0.2) is 0 Å². The Kier molecular flexibility index (Phi) is 4.74. The van der Waals surface area contributed by atoms with Gasteiger partial charge in [-0.1, -0.05) is 12.0 Å². The van der Waals surface area contributed by atoms with Gasteiger partial charge in [0.05, 0.1) is 25.8 Å². The van der Waals surface area contributed by atoms with Crippen molar-refractivity contribution in [1.82, 2.24) is 5.32 Å². The lowest BCUT2D eigenvalue weighted by Gasteiger charge is -2.12. The van der Waals surface area contributed by atoms with Gasteiger partial charge in [0.2, 0.25) is 0 Å². The van der Waals surface area contributed by atoms with Crippen molar-refractivity contribution in [1.29, 1.82) is 0 Å². The van der Waals surface area contributed by atoms with E-state index in [0.717, 1.165) is 11.1 Å². The van der Waals surface area contributed by atoms with Gasteiger partial charge in [-0.3, -0.25) is 10.1 Å². The number of carbonyl (C=O) groups is 1. The fourth-order valence-electron chi connectivity index (χ4n) is 1.62. The second kappa shape index (κ2) is 6.07. The molecule has 17 heavy (non-hydrogen) atoms. The molecule has 0 atom stereocenters. The first-order chi connectivity index (χ1) is 8.11. The lowest BCUT2D eigenvalue weighted by molar-refractivity contribution is 0.0989. The number of rotatable bonds is 5. The molecule has 0 bridgehead atoms. The third-order valence-electron chi connectivity index (χ3n) is 2.69. The molecule has 1 aromatic rings. The van der Waals surface area contributed by atoms with Gasteiger partial charge in [0.15, 0.2) is 5.78 Å². The van der Waals surface area contributed by atoms with Crippen LogP contribution in [-0.4, -0.2) is 26.0 Å². The molecule has 0 saturated carbocycles. The summed E-state index contributed by atoms with van der Waals surface area (Å²) in [5.41, 5.74) is 2.70. The van der Waals surface area contributed by atoms with Crippen LogP contribution >= 0.6 is 0 Å². The molecule has 3 nitrogen and oxygen atoms in total. The molecule has 0 fully saturated rings. The number of ketones is 1. The van der Waals surface area contributed by atoms with Crippen LogP contribution in [-0.2, 0) is 0 Å². The summed E-state index contributed by atoms with van der Waals surface area (Å²) < 4.78 is 5.30. The van der Waals surface area contributed by atoms with Gasteiger partial charge in [0.1, 0.15) is 5.75 Å². The van der Waals surface area contributed by atoms with E-state index in [0.29, 0.717) is 17.9 Å². The maximum atomic E-state index is 12.0. The van der Waals surface area contributed by atoms with Crippen LogP contribution in [0.5, 0.6) is 5.75 Å². The molecule has 0 amide bonds. The van der Waals surface area contributed by atoms with Gasteiger partial charge >= 0.3 is 0 Å². The third kappa shape index (κ3) is 3.08. The minimum absolute atomic E-state index is 0.0137. The number of hydrogen-bond donors (Lipinski definition) is 1. The molecule has 1 aromatic carbocycles. The molecule has 0 aliphatic heterocycles. The van der Waals surface area contributed by atoms with E-state index < -0.39 is 0 Å². The predicted molar refractivity (Wildman–Crippen MR) is 68.5 cm³/mol. The number of benzene rings is 1. The second-order valence-corrected chi connectivity index (χ2v) is 3.82. The van der Waals surface area contributed by atoms with Crippen molar-refractivity contribution in [2.45, 2.75) is 13.8 Å². The zero-order chi connectivity index (χ0) is 12.8. The van der Waals surface area contributed by atoms with Crippen molar-refractivity contribution in [3.05, 3.63) is 28.8 Å². The van der Waals surface area contributed by atoms with Crippen molar-refractivity contribution >= 4 is 5.78 Å². The number of terminal acetylenes is 1. The Hall–Kier alpha value is -1.79. The number of aryl methyl sites for hydroxylation is 1. The molecule has 1 rings (SSSR count).